The molecule has 0 fully saturated rings. The van der Waals surface area contributed by atoms with E-state index in [0.29, 0.717) is 23.9 Å². The zero-order valence-electron chi connectivity index (χ0n) is 19.6. The van der Waals surface area contributed by atoms with Crippen LogP contribution in [-0.2, 0) is 4.79 Å². The van der Waals surface area contributed by atoms with Crippen LogP contribution in [0.5, 0.6) is 0 Å². The second-order valence-corrected chi connectivity index (χ2v) is 8.41. The van der Waals surface area contributed by atoms with Crippen LogP contribution in [0, 0.1) is 11.8 Å². The maximum atomic E-state index is 11.9. The topological polar surface area (TPSA) is 58.4 Å². The molecule has 1 amide bonds. The first kappa shape index (κ1) is 25.3. The van der Waals surface area contributed by atoms with E-state index in [0.717, 1.165) is 18.8 Å². The number of hydrogen-bond donors (Lipinski definition) is 2. The third-order valence-corrected chi connectivity index (χ3v) is 6.04. The van der Waals surface area contributed by atoms with Crippen molar-refractivity contribution in [3.8, 4) is 0 Å². The van der Waals surface area contributed by atoms with Crippen molar-refractivity contribution in [3.05, 3.63) is 18.2 Å². The second-order valence-electron chi connectivity index (χ2n) is 8.41. The Labute approximate surface area is 179 Å². The van der Waals surface area contributed by atoms with Gasteiger partial charge in [0.15, 0.2) is 0 Å². The molecule has 0 aliphatic heterocycles. The van der Waals surface area contributed by atoms with Crippen molar-refractivity contribution in [2.45, 2.75) is 92.4 Å². The molecule has 0 heterocycles. The average Bonchev–Trinajstić information content (AvgIpc) is 2.74. The Morgan fingerprint density at radius 3 is 1.97 bits per heavy atom. The molecule has 4 heteroatoms. The summed E-state index contributed by atoms with van der Waals surface area (Å²) < 4.78 is 0. The van der Waals surface area contributed by atoms with Crippen LogP contribution in [0.4, 0.5) is 17.1 Å². The van der Waals surface area contributed by atoms with Crippen molar-refractivity contribution in [1.29, 1.82) is 0 Å². The van der Waals surface area contributed by atoms with Gasteiger partial charge in [-0.3, -0.25) is 4.79 Å². The summed E-state index contributed by atoms with van der Waals surface area (Å²) in [6.07, 6.45) is 10.5. The minimum Gasteiger partial charge on any atom is -0.397 e. The molecular formula is C25H45N3O. The summed E-state index contributed by atoms with van der Waals surface area (Å²) in [6.45, 7) is 13.2. The lowest BCUT2D eigenvalue weighted by Crippen LogP contribution is -2.34. The number of amides is 1. The van der Waals surface area contributed by atoms with E-state index in [1.807, 2.05) is 13.0 Å². The van der Waals surface area contributed by atoms with Gasteiger partial charge in [0, 0.05) is 25.2 Å². The van der Waals surface area contributed by atoms with E-state index < -0.39 is 0 Å². The highest BCUT2D eigenvalue weighted by Gasteiger charge is 2.18. The van der Waals surface area contributed by atoms with Gasteiger partial charge in [-0.15, -0.1) is 0 Å². The fourth-order valence-electron chi connectivity index (χ4n) is 3.83. The van der Waals surface area contributed by atoms with E-state index in [1.165, 1.54) is 57.1 Å². The van der Waals surface area contributed by atoms with Gasteiger partial charge in [0.05, 0.1) is 11.4 Å². The van der Waals surface area contributed by atoms with Gasteiger partial charge < -0.3 is 16.0 Å². The van der Waals surface area contributed by atoms with Crippen LogP contribution < -0.4 is 16.0 Å². The van der Waals surface area contributed by atoms with E-state index in [4.69, 9.17) is 5.73 Å². The SMILES string of the molecule is CCCCC(CC)CN(CC(CC)CCCC)c1ccc(N)c(NC(=O)CC)c1. The smallest absolute Gasteiger partial charge is 0.224 e. The second kappa shape index (κ2) is 14.3. The third-order valence-electron chi connectivity index (χ3n) is 6.04. The number of nitrogens with one attached hydrogen (secondary N) is 1. The van der Waals surface area contributed by atoms with Crippen LogP contribution in [-0.4, -0.2) is 19.0 Å². The van der Waals surface area contributed by atoms with Gasteiger partial charge in [-0.1, -0.05) is 73.1 Å². The number of nitrogens with two attached hydrogens (primary N) is 1. The van der Waals surface area contributed by atoms with Crippen LogP contribution in [0.1, 0.15) is 92.4 Å². The zero-order valence-corrected chi connectivity index (χ0v) is 19.6. The summed E-state index contributed by atoms with van der Waals surface area (Å²) in [7, 11) is 0. The maximum absolute atomic E-state index is 11.9. The number of carbonyl (C=O) groups is 1. The predicted molar refractivity (Wildman–Crippen MR) is 129 cm³/mol. The Balaban J connectivity index is 3.10. The molecular weight excluding hydrogens is 358 g/mol. The first-order valence-corrected chi connectivity index (χ1v) is 11.9. The lowest BCUT2D eigenvalue weighted by molar-refractivity contribution is -0.115. The molecule has 0 radical (unpaired) electrons. The first-order chi connectivity index (χ1) is 14.0. The maximum Gasteiger partial charge on any atom is 0.224 e. The van der Waals surface area contributed by atoms with Crippen molar-refractivity contribution in [2.75, 3.05) is 29.0 Å². The molecule has 0 bridgehead atoms. The predicted octanol–water partition coefficient (Wildman–Crippen LogP) is 6.86. The van der Waals surface area contributed by atoms with Gasteiger partial charge in [0.1, 0.15) is 0 Å². The van der Waals surface area contributed by atoms with Gasteiger partial charge in [-0.2, -0.15) is 0 Å². The number of carbonyl (C=O) groups excluding carboxylic acids is 1. The van der Waals surface area contributed by atoms with Gasteiger partial charge in [-0.25, -0.2) is 0 Å². The molecule has 2 atom stereocenters. The summed E-state index contributed by atoms with van der Waals surface area (Å²) >= 11 is 0. The standard InChI is InChI=1S/C25H45N3O/c1-6-11-13-20(8-3)18-28(19-21(9-4)14-12-7-2)22-15-16-23(26)24(17-22)27-25(29)10-5/h15-17,20-21H,6-14,18-19,26H2,1-5H3,(H,27,29). The van der Waals surface area contributed by atoms with Crippen LogP contribution in [0.15, 0.2) is 18.2 Å². The fraction of sp³-hybridized carbons (Fsp3) is 0.720. The zero-order chi connectivity index (χ0) is 21.6. The minimum absolute atomic E-state index is 0.00385. The minimum atomic E-state index is 0.00385. The number of anilines is 3. The number of unbranched alkanes of at least 4 members (excludes halogenated alkanes) is 2. The molecule has 1 rings (SSSR count). The molecule has 1 aromatic rings. The number of rotatable bonds is 15. The van der Waals surface area contributed by atoms with Crippen molar-refractivity contribution < 1.29 is 4.79 Å². The number of hydrogen-bond acceptors (Lipinski definition) is 3. The third kappa shape index (κ3) is 9.10. The summed E-state index contributed by atoms with van der Waals surface area (Å²) in [5, 5.41) is 2.97. The van der Waals surface area contributed by atoms with Crippen molar-refractivity contribution in [1.82, 2.24) is 0 Å². The molecule has 1 aromatic carbocycles. The highest BCUT2D eigenvalue weighted by Crippen LogP contribution is 2.29. The van der Waals surface area contributed by atoms with Gasteiger partial charge >= 0.3 is 0 Å². The van der Waals surface area contributed by atoms with Crippen molar-refractivity contribution >= 4 is 23.0 Å². The van der Waals surface area contributed by atoms with Crippen molar-refractivity contribution in [3.63, 3.8) is 0 Å². The van der Waals surface area contributed by atoms with Gasteiger partial charge in [0.2, 0.25) is 5.91 Å². The average molecular weight is 404 g/mol. The van der Waals surface area contributed by atoms with Gasteiger partial charge in [0.25, 0.3) is 0 Å². The van der Waals surface area contributed by atoms with Crippen molar-refractivity contribution in [2.24, 2.45) is 11.8 Å². The largest absolute Gasteiger partial charge is 0.397 e. The van der Waals surface area contributed by atoms with E-state index in [-0.39, 0.29) is 5.91 Å². The Kier molecular flexibility index (Phi) is 12.5. The van der Waals surface area contributed by atoms with E-state index in [1.54, 1.807) is 0 Å². The molecule has 2 unspecified atom stereocenters. The number of nitrogens with zero attached hydrogens (tertiary/aromatic N) is 1. The molecule has 4 nitrogen and oxygen atoms in total. The van der Waals surface area contributed by atoms with Crippen LogP contribution in [0.2, 0.25) is 0 Å². The normalized spacial score (nSPS) is 13.1. The Morgan fingerprint density at radius 2 is 1.52 bits per heavy atom. The van der Waals surface area contributed by atoms with Crippen LogP contribution in [0.25, 0.3) is 0 Å². The molecule has 0 aliphatic carbocycles. The highest BCUT2D eigenvalue weighted by atomic mass is 16.1. The Morgan fingerprint density at radius 1 is 0.966 bits per heavy atom. The van der Waals surface area contributed by atoms with Gasteiger partial charge in [-0.05, 0) is 42.9 Å². The molecule has 0 aromatic heterocycles. The molecule has 0 saturated heterocycles. The van der Waals surface area contributed by atoms with Crippen LogP contribution in [0.3, 0.4) is 0 Å². The summed E-state index contributed by atoms with van der Waals surface area (Å²) in [5.74, 6) is 1.40. The highest BCUT2D eigenvalue weighted by molar-refractivity contribution is 5.94. The first-order valence-electron chi connectivity index (χ1n) is 11.9. The fourth-order valence-corrected chi connectivity index (χ4v) is 3.83. The molecule has 29 heavy (non-hydrogen) atoms. The molecule has 0 saturated carbocycles. The monoisotopic (exact) mass is 403 g/mol. The molecule has 0 spiro atoms. The molecule has 0 aliphatic rings. The number of benzene rings is 1. The molecule has 166 valence electrons. The van der Waals surface area contributed by atoms with E-state index >= 15 is 0 Å². The number of nitrogen functional groups attached to an aromatic ring is 1. The summed E-state index contributed by atoms with van der Waals surface area (Å²) in [4.78, 5) is 14.5. The molecule has 3 N–H and O–H groups in total. The lowest BCUT2D eigenvalue weighted by atomic mass is 9.95. The van der Waals surface area contributed by atoms with Crippen LogP contribution >= 0.6 is 0 Å². The van der Waals surface area contributed by atoms with E-state index in [2.05, 4.69) is 50.0 Å². The Bertz CT molecular complexity index is 569. The van der Waals surface area contributed by atoms with E-state index in [9.17, 15) is 4.79 Å². The lowest BCUT2D eigenvalue weighted by Gasteiger charge is -2.33. The summed E-state index contributed by atoms with van der Waals surface area (Å²) in [6, 6.07) is 6.13. The Hall–Kier alpha value is -1.71. The quantitative estimate of drug-likeness (QED) is 0.315. The summed E-state index contributed by atoms with van der Waals surface area (Å²) in [5.41, 5.74) is 8.69.